The molecule has 0 amide bonds. The number of aromatic carboxylic acids is 1. The first kappa shape index (κ1) is 15.3. The molecule has 4 nitrogen and oxygen atoms in total. The molecule has 1 aromatic carbocycles. The van der Waals surface area contributed by atoms with E-state index in [1.807, 2.05) is 26.0 Å². The van der Waals surface area contributed by atoms with Crippen LogP contribution in [0.4, 0.5) is 0 Å². The van der Waals surface area contributed by atoms with Crippen molar-refractivity contribution in [1.82, 2.24) is 4.98 Å². The number of hydrogen-bond donors (Lipinski definition) is 1. The van der Waals surface area contributed by atoms with Gasteiger partial charge in [0.2, 0.25) is 5.76 Å². The van der Waals surface area contributed by atoms with E-state index in [9.17, 15) is 9.90 Å². The van der Waals surface area contributed by atoms with Crippen LogP contribution in [0, 0.1) is 12.8 Å². The highest BCUT2D eigenvalue weighted by atomic mass is 16.4. The minimum atomic E-state index is -1.04. The van der Waals surface area contributed by atoms with Crippen molar-refractivity contribution >= 4 is 5.97 Å². The largest absolute Gasteiger partial charge is 0.475 e. The predicted octanol–water partition coefficient (Wildman–Crippen LogP) is 3.66. The fourth-order valence-electron chi connectivity index (χ4n) is 2.33. The van der Waals surface area contributed by atoms with E-state index in [1.54, 1.807) is 0 Å². The molecular weight excluding hydrogens is 266 g/mol. The van der Waals surface area contributed by atoms with E-state index in [4.69, 9.17) is 4.42 Å². The highest BCUT2D eigenvalue weighted by molar-refractivity contribution is 5.85. The van der Waals surface area contributed by atoms with Gasteiger partial charge in [0.1, 0.15) is 0 Å². The van der Waals surface area contributed by atoms with E-state index >= 15 is 0 Å². The summed E-state index contributed by atoms with van der Waals surface area (Å²) in [5.41, 5.74) is 3.01. The molecule has 21 heavy (non-hydrogen) atoms. The predicted molar refractivity (Wildman–Crippen MR) is 80.6 cm³/mol. The number of carbonyl (C=O) groups is 1. The zero-order valence-corrected chi connectivity index (χ0v) is 12.7. The molecule has 0 aliphatic heterocycles. The Labute approximate surface area is 124 Å². The molecule has 2 aromatic rings. The Morgan fingerprint density at radius 2 is 2.00 bits per heavy atom. The summed E-state index contributed by atoms with van der Waals surface area (Å²) >= 11 is 0. The van der Waals surface area contributed by atoms with Crippen LogP contribution in [0.3, 0.4) is 0 Å². The second-order valence-corrected chi connectivity index (χ2v) is 5.71. The molecule has 0 unspecified atom stereocenters. The summed E-state index contributed by atoms with van der Waals surface area (Å²) < 4.78 is 5.43. The van der Waals surface area contributed by atoms with Crippen molar-refractivity contribution in [2.75, 3.05) is 0 Å². The first-order chi connectivity index (χ1) is 9.97. The quantitative estimate of drug-likeness (QED) is 0.880. The zero-order valence-electron chi connectivity index (χ0n) is 12.7. The molecule has 0 spiro atoms. The van der Waals surface area contributed by atoms with Crippen LogP contribution in [0.25, 0.3) is 0 Å². The topological polar surface area (TPSA) is 63.3 Å². The summed E-state index contributed by atoms with van der Waals surface area (Å²) in [4.78, 5) is 15.6. The molecule has 1 N–H and O–H groups in total. The van der Waals surface area contributed by atoms with Gasteiger partial charge in [-0.1, -0.05) is 38.1 Å². The first-order valence-electron chi connectivity index (χ1n) is 7.23. The SMILES string of the molecule is Cc1ccccc1CCc1nc(CC(C)C)c(C(=O)O)o1. The number of aryl methyl sites for hydroxylation is 3. The molecule has 0 aliphatic carbocycles. The molecule has 0 saturated heterocycles. The lowest BCUT2D eigenvalue weighted by Gasteiger charge is -2.02. The maximum absolute atomic E-state index is 11.2. The Hall–Kier alpha value is -2.10. The van der Waals surface area contributed by atoms with Crippen molar-refractivity contribution in [3.63, 3.8) is 0 Å². The third-order valence-corrected chi connectivity index (χ3v) is 3.41. The Bertz CT molecular complexity index is 629. The van der Waals surface area contributed by atoms with E-state index < -0.39 is 5.97 Å². The lowest BCUT2D eigenvalue weighted by molar-refractivity contribution is 0.0658. The maximum atomic E-state index is 11.2. The van der Waals surface area contributed by atoms with Crippen LogP contribution in [-0.4, -0.2) is 16.1 Å². The van der Waals surface area contributed by atoms with Gasteiger partial charge in [0.15, 0.2) is 5.89 Å². The molecular formula is C17H21NO3. The van der Waals surface area contributed by atoms with Gasteiger partial charge in [-0.15, -0.1) is 0 Å². The fraction of sp³-hybridized carbons (Fsp3) is 0.412. The van der Waals surface area contributed by atoms with Crippen LogP contribution in [0.15, 0.2) is 28.7 Å². The maximum Gasteiger partial charge on any atom is 0.373 e. The number of hydrogen-bond acceptors (Lipinski definition) is 3. The van der Waals surface area contributed by atoms with E-state index in [2.05, 4.69) is 24.0 Å². The molecule has 0 aliphatic rings. The number of nitrogens with zero attached hydrogens (tertiary/aromatic N) is 1. The molecule has 1 heterocycles. The normalized spacial score (nSPS) is 11.0. The smallest absolute Gasteiger partial charge is 0.373 e. The Kier molecular flexibility index (Phi) is 4.78. The van der Waals surface area contributed by atoms with Crippen molar-refractivity contribution in [3.05, 3.63) is 52.7 Å². The third-order valence-electron chi connectivity index (χ3n) is 3.41. The third kappa shape index (κ3) is 3.94. The summed E-state index contributed by atoms with van der Waals surface area (Å²) in [6, 6.07) is 8.15. The van der Waals surface area contributed by atoms with Gasteiger partial charge in [0.25, 0.3) is 0 Å². The van der Waals surface area contributed by atoms with Crippen LogP contribution < -0.4 is 0 Å². The van der Waals surface area contributed by atoms with Gasteiger partial charge in [0, 0.05) is 6.42 Å². The molecule has 0 bridgehead atoms. The van der Waals surface area contributed by atoms with Crippen molar-refractivity contribution in [2.45, 2.75) is 40.0 Å². The molecule has 2 rings (SSSR count). The summed E-state index contributed by atoms with van der Waals surface area (Å²) in [6.45, 7) is 6.14. The number of aromatic nitrogens is 1. The molecule has 1 aromatic heterocycles. The van der Waals surface area contributed by atoms with Crippen molar-refractivity contribution in [2.24, 2.45) is 5.92 Å². The Morgan fingerprint density at radius 1 is 1.29 bits per heavy atom. The Morgan fingerprint density at radius 3 is 2.62 bits per heavy atom. The van der Waals surface area contributed by atoms with Crippen molar-refractivity contribution in [3.8, 4) is 0 Å². The second-order valence-electron chi connectivity index (χ2n) is 5.71. The number of rotatable bonds is 6. The van der Waals surface area contributed by atoms with E-state index in [-0.39, 0.29) is 5.76 Å². The molecule has 0 radical (unpaired) electrons. The average molecular weight is 287 g/mol. The van der Waals surface area contributed by atoms with E-state index in [0.717, 1.165) is 6.42 Å². The number of oxazole rings is 1. The second kappa shape index (κ2) is 6.57. The van der Waals surface area contributed by atoms with Crippen LogP contribution in [0.1, 0.15) is 47.1 Å². The summed E-state index contributed by atoms with van der Waals surface area (Å²) in [5.74, 6) is -0.201. The van der Waals surface area contributed by atoms with Gasteiger partial charge in [-0.05, 0) is 36.8 Å². The fourth-order valence-corrected chi connectivity index (χ4v) is 2.33. The number of benzene rings is 1. The van der Waals surface area contributed by atoms with Crippen LogP contribution in [0.2, 0.25) is 0 Å². The molecule has 0 saturated carbocycles. The molecule has 4 heteroatoms. The van der Waals surface area contributed by atoms with E-state index in [1.165, 1.54) is 11.1 Å². The van der Waals surface area contributed by atoms with Gasteiger partial charge in [-0.3, -0.25) is 0 Å². The van der Waals surface area contributed by atoms with Crippen LogP contribution >= 0.6 is 0 Å². The van der Waals surface area contributed by atoms with Gasteiger partial charge in [-0.2, -0.15) is 0 Å². The van der Waals surface area contributed by atoms with Crippen LogP contribution in [0.5, 0.6) is 0 Å². The lowest BCUT2D eigenvalue weighted by Crippen LogP contribution is -2.03. The standard InChI is InChI=1S/C17H21NO3/c1-11(2)10-14-16(17(19)20)21-15(18-14)9-8-13-7-5-4-6-12(13)3/h4-7,11H,8-10H2,1-3H3,(H,19,20). The molecule has 0 atom stereocenters. The zero-order chi connectivity index (χ0) is 15.4. The van der Waals surface area contributed by atoms with Gasteiger partial charge in [0.05, 0.1) is 5.69 Å². The highest BCUT2D eigenvalue weighted by Crippen LogP contribution is 2.18. The summed E-state index contributed by atoms with van der Waals surface area (Å²) in [5, 5.41) is 9.19. The Balaban J connectivity index is 2.14. The molecule has 112 valence electrons. The van der Waals surface area contributed by atoms with E-state index in [0.29, 0.717) is 30.3 Å². The average Bonchev–Trinajstić information content (AvgIpc) is 2.80. The number of carboxylic acid groups (broad SMARTS) is 1. The molecule has 0 fully saturated rings. The lowest BCUT2D eigenvalue weighted by atomic mass is 10.0. The van der Waals surface area contributed by atoms with Crippen molar-refractivity contribution in [1.29, 1.82) is 0 Å². The minimum absolute atomic E-state index is 0.0107. The minimum Gasteiger partial charge on any atom is -0.475 e. The summed E-state index contributed by atoms with van der Waals surface area (Å²) in [7, 11) is 0. The van der Waals surface area contributed by atoms with Gasteiger partial charge >= 0.3 is 5.97 Å². The van der Waals surface area contributed by atoms with Crippen LogP contribution in [-0.2, 0) is 19.3 Å². The monoisotopic (exact) mass is 287 g/mol. The van der Waals surface area contributed by atoms with Gasteiger partial charge < -0.3 is 9.52 Å². The van der Waals surface area contributed by atoms with Crippen molar-refractivity contribution < 1.29 is 14.3 Å². The first-order valence-corrected chi connectivity index (χ1v) is 7.23. The number of carboxylic acids is 1. The highest BCUT2D eigenvalue weighted by Gasteiger charge is 2.20. The summed E-state index contributed by atoms with van der Waals surface area (Å²) in [6.07, 6.45) is 2.03. The van der Waals surface area contributed by atoms with Gasteiger partial charge in [-0.25, -0.2) is 9.78 Å².